The molecular formula is C17H13NO4. The summed E-state index contributed by atoms with van der Waals surface area (Å²) in [6.45, 7) is 2.05. The van der Waals surface area contributed by atoms with E-state index in [0.717, 1.165) is 10.9 Å². The summed E-state index contributed by atoms with van der Waals surface area (Å²) in [5, 5.41) is 0.836. The van der Waals surface area contributed by atoms with E-state index in [0.29, 0.717) is 24.2 Å². The van der Waals surface area contributed by atoms with Gasteiger partial charge in [0.05, 0.1) is 12.1 Å². The van der Waals surface area contributed by atoms with Gasteiger partial charge in [-0.25, -0.2) is 9.78 Å². The van der Waals surface area contributed by atoms with Crippen LogP contribution in [-0.4, -0.2) is 23.8 Å². The van der Waals surface area contributed by atoms with Crippen molar-refractivity contribution in [2.24, 2.45) is 0 Å². The highest BCUT2D eigenvalue weighted by molar-refractivity contribution is 5.97. The number of benzene rings is 1. The number of esters is 1. The molecule has 110 valence electrons. The highest BCUT2D eigenvalue weighted by Gasteiger charge is 2.12. The number of carbonyl (C=O) groups is 2. The number of furan rings is 1. The fraction of sp³-hybridized carbons (Fsp3) is 0.118. The number of carbonyl (C=O) groups excluding carboxylic acids is 2. The zero-order valence-corrected chi connectivity index (χ0v) is 11.9. The molecular weight excluding hydrogens is 282 g/mol. The smallest absolute Gasteiger partial charge is 0.356 e. The molecule has 3 aromatic rings. The van der Waals surface area contributed by atoms with Gasteiger partial charge in [-0.05, 0) is 37.3 Å². The maximum atomic E-state index is 11.7. The van der Waals surface area contributed by atoms with Crippen LogP contribution >= 0.6 is 0 Å². The van der Waals surface area contributed by atoms with Gasteiger partial charge >= 0.3 is 5.97 Å². The number of aromatic nitrogens is 1. The predicted octanol–water partition coefficient (Wildman–Crippen LogP) is 3.48. The third-order valence-electron chi connectivity index (χ3n) is 3.22. The molecule has 0 saturated carbocycles. The Morgan fingerprint density at radius 2 is 2.09 bits per heavy atom. The Kier molecular flexibility index (Phi) is 3.70. The van der Waals surface area contributed by atoms with Gasteiger partial charge in [-0.2, -0.15) is 0 Å². The molecule has 0 radical (unpaired) electrons. The molecule has 0 amide bonds. The third-order valence-corrected chi connectivity index (χ3v) is 3.22. The second-order valence-corrected chi connectivity index (χ2v) is 4.61. The van der Waals surface area contributed by atoms with Crippen molar-refractivity contribution in [3.8, 4) is 11.3 Å². The van der Waals surface area contributed by atoms with Crippen molar-refractivity contribution in [2.75, 3.05) is 6.61 Å². The molecule has 0 aliphatic carbocycles. The molecule has 5 heteroatoms. The lowest BCUT2D eigenvalue weighted by atomic mass is 10.1. The molecule has 5 nitrogen and oxygen atoms in total. The van der Waals surface area contributed by atoms with Crippen molar-refractivity contribution in [1.29, 1.82) is 0 Å². The summed E-state index contributed by atoms with van der Waals surface area (Å²) < 4.78 is 10.4. The number of aldehydes is 1. The van der Waals surface area contributed by atoms with Gasteiger partial charge in [-0.1, -0.05) is 12.1 Å². The van der Waals surface area contributed by atoms with Gasteiger partial charge in [-0.15, -0.1) is 0 Å². The summed E-state index contributed by atoms with van der Waals surface area (Å²) in [6, 6.07) is 12.3. The number of pyridine rings is 1. The molecule has 0 fully saturated rings. The Bertz CT molecular complexity index is 851. The van der Waals surface area contributed by atoms with Crippen molar-refractivity contribution in [1.82, 2.24) is 4.98 Å². The Morgan fingerprint density at radius 1 is 1.23 bits per heavy atom. The van der Waals surface area contributed by atoms with Gasteiger partial charge in [-0.3, -0.25) is 4.79 Å². The van der Waals surface area contributed by atoms with Crippen molar-refractivity contribution < 1.29 is 18.7 Å². The molecule has 0 aliphatic rings. The number of hydrogen-bond acceptors (Lipinski definition) is 5. The molecule has 2 heterocycles. The van der Waals surface area contributed by atoms with E-state index in [4.69, 9.17) is 9.15 Å². The molecule has 2 aromatic heterocycles. The largest absolute Gasteiger partial charge is 0.461 e. The van der Waals surface area contributed by atoms with Crippen LogP contribution in [0, 0.1) is 0 Å². The number of nitrogens with zero attached hydrogens (tertiary/aromatic N) is 1. The van der Waals surface area contributed by atoms with Gasteiger partial charge in [0.25, 0.3) is 0 Å². The Labute approximate surface area is 126 Å². The standard InChI is InChI=1S/C17H13NO4/c1-2-21-17(20)15-8-7-12-13(4-3-5-14(12)18-15)16-9-6-11(10-19)22-16/h3-10H,2H2,1H3. The minimum atomic E-state index is -0.448. The molecule has 0 N–H and O–H groups in total. The van der Waals surface area contributed by atoms with E-state index in [1.807, 2.05) is 18.2 Å². The van der Waals surface area contributed by atoms with E-state index < -0.39 is 5.97 Å². The molecule has 0 saturated heterocycles. The van der Waals surface area contributed by atoms with E-state index in [2.05, 4.69) is 4.98 Å². The van der Waals surface area contributed by atoms with E-state index in [-0.39, 0.29) is 11.5 Å². The summed E-state index contributed by atoms with van der Waals surface area (Å²) in [5.74, 6) is 0.400. The molecule has 0 aliphatic heterocycles. The van der Waals surface area contributed by atoms with E-state index >= 15 is 0 Å². The fourth-order valence-electron chi connectivity index (χ4n) is 2.25. The fourth-order valence-corrected chi connectivity index (χ4v) is 2.25. The minimum Gasteiger partial charge on any atom is -0.461 e. The molecule has 1 aromatic carbocycles. The Morgan fingerprint density at radius 3 is 2.82 bits per heavy atom. The second kappa shape index (κ2) is 5.81. The quantitative estimate of drug-likeness (QED) is 0.544. The van der Waals surface area contributed by atoms with Gasteiger partial charge in [0.1, 0.15) is 11.5 Å². The van der Waals surface area contributed by atoms with Gasteiger partial charge < -0.3 is 9.15 Å². The topological polar surface area (TPSA) is 69.4 Å². The number of ether oxygens (including phenoxy) is 1. The molecule has 3 rings (SSSR count). The van der Waals surface area contributed by atoms with Crippen molar-refractivity contribution >= 4 is 23.2 Å². The van der Waals surface area contributed by atoms with Crippen molar-refractivity contribution in [3.05, 3.63) is 53.9 Å². The first-order valence-electron chi connectivity index (χ1n) is 6.85. The predicted molar refractivity (Wildman–Crippen MR) is 80.8 cm³/mol. The normalized spacial score (nSPS) is 10.6. The molecule has 0 unspecified atom stereocenters. The number of fused-ring (bicyclic) bond motifs is 1. The van der Waals surface area contributed by atoms with Crippen molar-refractivity contribution in [3.63, 3.8) is 0 Å². The van der Waals surface area contributed by atoms with Crippen LogP contribution in [0.2, 0.25) is 0 Å². The molecule has 22 heavy (non-hydrogen) atoms. The summed E-state index contributed by atoms with van der Waals surface area (Å²) in [7, 11) is 0. The van der Waals surface area contributed by atoms with Crippen LogP contribution in [0.3, 0.4) is 0 Å². The Balaban J connectivity index is 2.09. The summed E-state index contributed by atoms with van der Waals surface area (Å²) in [4.78, 5) is 26.8. The lowest BCUT2D eigenvalue weighted by Gasteiger charge is -2.06. The van der Waals surface area contributed by atoms with Gasteiger partial charge in [0, 0.05) is 10.9 Å². The first-order chi connectivity index (χ1) is 10.7. The summed E-state index contributed by atoms with van der Waals surface area (Å²) >= 11 is 0. The average molecular weight is 295 g/mol. The molecule has 0 spiro atoms. The summed E-state index contributed by atoms with van der Waals surface area (Å²) in [5.41, 5.74) is 1.74. The molecule has 0 bridgehead atoms. The van der Waals surface area contributed by atoms with E-state index in [9.17, 15) is 9.59 Å². The SMILES string of the molecule is CCOC(=O)c1ccc2c(-c3ccc(C=O)o3)cccc2n1. The van der Waals surface area contributed by atoms with Crippen LogP contribution in [0.4, 0.5) is 0 Å². The monoisotopic (exact) mass is 295 g/mol. The van der Waals surface area contributed by atoms with Crippen LogP contribution in [0.1, 0.15) is 28.0 Å². The second-order valence-electron chi connectivity index (χ2n) is 4.61. The van der Waals surface area contributed by atoms with E-state index in [1.165, 1.54) is 0 Å². The van der Waals surface area contributed by atoms with Crippen LogP contribution in [0.5, 0.6) is 0 Å². The zero-order valence-electron chi connectivity index (χ0n) is 11.9. The number of rotatable bonds is 4. The minimum absolute atomic E-state index is 0.263. The van der Waals surface area contributed by atoms with Crippen LogP contribution < -0.4 is 0 Å². The highest BCUT2D eigenvalue weighted by atomic mass is 16.5. The lowest BCUT2D eigenvalue weighted by Crippen LogP contribution is -2.06. The van der Waals surface area contributed by atoms with Gasteiger partial charge in [0.2, 0.25) is 0 Å². The van der Waals surface area contributed by atoms with Crippen LogP contribution in [0.15, 0.2) is 46.9 Å². The lowest BCUT2D eigenvalue weighted by molar-refractivity contribution is 0.0520. The number of hydrogen-bond donors (Lipinski definition) is 0. The Hall–Kier alpha value is -2.95. The first-order valence-corrected chi connectivity index (χ1v) is 6.85. The van der Waals surface area contributed by atoms with Gasteiger partial charge in [0.15, 0.2) is 12.0 Å². The van der Waals surface area contributed by atoms with E-state index in [1.54, 1.807) is 31.2 Å². The van der Waals surface area contributed by atoms with Crippen LogP contribution in [-0.2, 0) is 4.74 Å². The van der Waals surface area contributed by atoms with Crippen LogP contribution in [0.25, 0.3) is 22.2 Å². The zero-order chi connectivity index (χ0) is 15.5. The maximum absolute atomic E-state index is 11.7. The maximum Gasteiger partial charge on any atom is 0.356 e. The average Bonchev–Trinajstić information content (AvgIpc) is 3.03. The third kappa shape index (κ3) is 2.48. The van der Waals surface area contributed by atoms with Crippen molar-refractivity contribution in [2.45, 2.75) is 6.92 Å². The highest BCUT2D eigenvalue weighted by Crippen LogP contribution is 2.29. The first kappa shape index (κ1) is 14.0. The summed E-state index contributed by atoms with van der Waals surface area (Å²) in [6.07, 6.45) is 0.658. The molecule has 0 atom stereocenters.